The van der Waals surface area contributed by atoms with E-state index in [-0.39, 0.29) is 5.91 Å². The van der Waals surface area contributed by atoms with Crippen LogP contribution in [0.3, 0.4) is 0 Å². The molecule has 0 saturated carbocycles. The molecule has 0 aliphatic heterocycles. The number of nitrogens with zero attached hydrogens (tertiary/aromatic N) is 1. The van der Waals surface area contributed by atoms with Gasteiger partial charge < -0.3 is 14.2 Å². The molecule has 0 radical (unpaired) electrons. The van der Waals surface area contributed by atoms with Crippen LogP contribution in [0.2, 0.25) is 0 Å². The Balaban J connectivity index is 2.52. The first kappa shape index (κ1) is 11.4. The minimum atomic E-state index is -0.764. The number of rotatable bonds is 3. The highest BCUT2D eigenvalue weighted by molar-refractivity contribution is 5.74. The molecule has 0 saturated heterocycles. The van der Waals surface area contributed by atoms with Gasteiger partial charge in [-0.15, -0.1) is 0 Å². The quantitative estimate of drug-likeness (QED) is 0.881. The van der Waals surface area contributed by atoms with Crippen LogP contribution in [0.15, 0.2) is 33.8 Å². The summed E-state index contributed by atoms with van der Waals surface area (Å²) in [5.74, 6) is 0.457. The first-order valence-corrected chi connectivity index (χ1v) is 5.26. The zero-order valence-electron chi connectivity index (χ0n) is 9.98. The Morgan fingerprint density at radius 2 is 2.29 bits per heavy atom. The largest absolute Gasteiger partial charge is 0.472 e. The Bertz CT molecular complexity index is 516. The van der Waals surface area contributed by atoms with E-state index in [0.29, 0.717) is 5.76 Å². The highest BCUT2D eigenvalue weighted by Crippen LogP contribution is 2.31. The van der Waals surface area contributed by atoms with Gasteiger partial charge in [-0.25, -0.2) is 4.98 Å². The van der Waals surface area contributed by atoms with Crippen molar-refractivity contribution in [3.8, 4) is 0 Å². The number of hydrogen-bond donors (Lipinski definition) is 1. The SMILES string of the molecule is CC(=O)NC(C)(c1ccoc1)c1ocnc1C. The van der Waals surface area contributed by atoms with Crippen LogP contribution in [0.25, 0.3) is 0 Å². The number of carbonyl (C=O) groups excluding carboxylic acids is 1. The van der Waals surface area contributed by atoms with Crippen LogP contribution in [0.4, 0.5) is 0 Å². The maximum absolute atomic E-state index is 11.4. The third-order valence-electron chi connectivity index (χ3n) is 2.72. The zero-order valence-corrected chi connectivity index (χ0v) is 9.98. The summed E-state index contributed by atoms with van der Waals surface area (Å²) in [6.07, 6.45) is 4.50. The van der Waals surface area contributed by atoms with Crippen molar-refractivity contribution in [1.82, 2.24) is 10.3 Å². The standard InChI is InChI=1S/C12H14N2O3/c1-8-11(17-7-13-8)12(3,14-9(2)15)10-4-5-16-6-10/h4-7H,1-3H3,(H,14,15). The fourth-order valence-electron chi connectivity index (χ4n) is 1.94. The van der Waals surface area contributed by atoms with Gasteiger partial charge in [0.1, 0.15) is 5.54 Å². The van der Waals surface area contributed by atoms with E-state index in [4.69, 9.17) is 8.83 Å². The van der Waals surface area contributed by atoms with Crippen molar-refractivity contribution in [3.63, 3.8) is 0 Å². The molecule has 0 fully saturated rings. The van der Waals surface area contributed by atoms with E-state index >= 15 is 0 Å². The normalized spacial score (nSPS) is 14.3. The molecule has 1 atom stereocenters. The third-order valence-corrected chi connectivity index (χ3v) is 2.72. The predicted octanol–water partition coefficient (Wildman–Crippen LogP) is 1.98. The number of hydrogen-bond acceptors (Lipinski definition) is 4. The van der Waals surface area contributed by atoms with Gasteiger partial charge in [0, 0.05) is 12.5 Å². The molecule has 2 heterocycles. The van der Waals surface area contributed by atoms with Crippen LogP contribution in [-0.2, 0) is 10.3 Å². The smallest absolute Gasteiger partial charge is 0.217 e. The minimum Gasteiger partial charge on any atom is -0.472 e. The second-order valence-electron chi connectivity index (χ2n) is 4.09. The molecule has 0 aliphatic rings. The van der Waals surface area contributed by atoms with Crippen molar-refractivity contribution in [3.05, 3.63) is 42.0 Å². The molecule has 0 spiro atoms. The number of carbonyl (C=O) groups is 1. The van der Waals surface area contributed by atoms with Gasteiger partial charge in [0.15, 0.2) is 12.2 Å². The first-order valence-electron chi connectivity index (χ1n) is 5.26. The maximum Gasteiger partial charge on any atom is 0.217 e. The average Bonchev–Trinajstić information content (AvgIpc) is 2.85. The van der Waals surface area contributed by atoms with Crippen molar-refractivity contribution in [2.45, 2.75) is 26.3 Å². The van der Waals surface area contributed by atoms with Gasteiger partial charge in [-0.2, -0.15) is 0 Å². The van der Waals surface area contributed by atoms with Crippen LogP contribution < -0.4 is 5.32 Å². The summed E-state index contributed by atoms with van der Waals surface area (Å²) in [4.78, 5) is 15.4. The van der Waals surface area contributed by atoms with Crippen molar-refractivity contribution in [1.29, 1.82) is 0 Å². The molecule has 1 N–H and O–H groups in total. The Hall–Kier alpha value is -2.04. The van der Waals surface area contributed by atoms with Crippen LogP contribution in [0.5, 0.6) is 0 Å². The van der Waals surface area contributed by atoms with Gasteiger partial charge in [-0.3, -0.25) is 4.79 Å². The second kappa shape index (κ2) is 4.08. The molecule has 1 unspecified atom stereocenters. The maximum atomic E-state index is 11.4. The number of amides is 1. The summed E-state index contributed by atoms with van der Waals surface area (Å²) < 4.78 is 10.5. The van der Waals surface area contributed by atoms with E-state index < -0.39 is 5.54 Å². The van der Waals surface area contributed by atoms with Crippen molar-refractivity contribution in [2.75, 3.05) is 0 Å². The lowest BCUT2D eigenvalue weighted by Gasteiger charge is -2.27. The van der Waals surface area contributed by atoms with E-state index in [9.17, 15) is 4.79 Å². The Morgan fingerprint density at radius 1 is 1.53 bits per heavy atom. The molecule has 2 aromatic heterocycles. The van der Waals surface area contributed by atoms with Crippen LogP contribution in [0, 0.1) is 6.92 Å². The number of nitrogens with one attached hydrogen (secondary N) is 1. The van der Waals surface area contributed by atoms with Gasteiger partial charge >= 0.3 is 0 Å². The number of aryl methyl sites for hydroxylation is 1. The summed E-state index contributed by atoms with van der Waals surface area (Å²) in [6, 6.07) is 1.79. The van der Waals surface area contributed by atoms with Gasteiger partial charge in [0.25, 0.3) is 0 Å². The van der Waals surface area contributed by atoms with Gasteiger partial charge in [0.05, 0.1) is 18.2 Å². The topological polar surface area (TPSA) is 68.3 Å². The first-order chi connectivity index (χ1) is 8.04. The Kier molecular flexibility index (Phi) is 2.75. The fraction of sp³-hybridized carbons (Fsp3) is 0.333. The van der Waals surface area contributed by atoms with Gasteiger partial charge in [-0.1, -0.05) is 0 Å². The molecular formula is C12H14N2O3. The Morgan fingerprint density at radius 3 is 2.76 bits per heavy atom. The summed E-state index contributed by atoms with van der Waals surface area (Å²) in [5, 5.41) is 2.87. The number of oxazole rings is 1. The lowest BCUT2D eigenvalue weighted by Crippen LogP contribution is -2.43. The summed E-state index contributed by atoms with van der Waals surface area (Å²) in [5.41, 5.74) is 0.786. The molecule has 5 heteroatoms. The molecule has 0 bridgehead atoms. The van der Waals surface area contributed by atoms with Crippen molar-refractivity contribution < 1.29 is 13.6 Å². The van der Waals surface area contributed by atoms with Crippen molar-refractivity contribution >= 4 is 5.91 Å². The lowest BCUT2D eigenvalue weighted by molar-refractivity contribution is -0.120. The summed E-state index contributed by atoms with van der Waals surface area (Å²) in [7, 11) is 0. The van der Waals surface area contributed by atoms with E-state index in [1.165, 1.54) is 13.3 Å². The molecule has 2 aromatic rings. The summed E-state index contributed by atoms with van der Waals surface area (Å²) in [6.45, 7) is 5.15. The highest BCUT2D eigenvalue weighted by Gasteiger charge is 2.35. The molecule has 90 valence electrons. The molecule has 0 aromatic carbocycles. The number of furan rings is 1. The third kappa shape index (κ3) is 1.95. The van der Waals surface area contributed by atoms with Gasteiger partial charge in [-0.05, 0) is 19.9 Å². The van der Waals surface area contributed by atoms with E-state index in [2.05, 4.69) is 10.3 Å². The van der Waals surface area contributed by atoms with Crippen LogP contribution in [-0.4, -0.2) is 10.9 Å². The minimum absolute atomic E-state index is 0.149. The average molecular weight is 234 g/mol. The lowest BCUT2D eigenvalue weighted by atomic mass is 9.90. The zero-order chi connectivity index (χ0) is 12.5. The van der Waals surface area contributed by atoms with E-state index in [1.54, 1.807) is 18.6 Å². The second-order valence-corrected chi connectivity index (χ2v) is 4.09. The van der Waals surface area contributed by atoms with Crippen molar-refractivity contribution in [2.24, 2.45) is 0 Å². The molecule has 17 heavy (non-hydrogen) atoms. The Labute approximate surface area is 98.8 Å². The highest BCUT2D eigenvalue weighted by atomic mass is 16.3. The van der Waals surface area contributed by atoms with E-state index in [0.717, 1.165) is 11.3 Å². The molecule has 2 rings (SSSR count). The molecular weight excluding hydrogens is 220 g/mol. The fourth-order valence-corrected chi connectivity index (χ4v) is 1.94. The van der Waals surface area contributed by atoms with E-state index in [1.807, 2.05) is 13.8 Å². The molecule has 0 aliphatic carbocycles. The monoisotopic (exact) mass is 234 g/mol. The molecule has 1 amide bonds. The number of aromatic nitrogens is 1. The summed E-state index contributed by atoms with van der Waals surface area (Å²) >= 11 is 0. The van der Waals surface area contributed by atoms with Crippen LogP contribution >= 0.6 is 0 Å². The van der Waals surface area contributed by atoms with Crippen LogP contribution in [0.1, 0.15) is 30.9 Å². The van der Waals surface area contributed by atoms with Gasteiger partial charge in [0.2, 0.25) is 5.91 Å². The molecule has 5 nitrogen and oxygen atoms in total. The predicted molar refractivity (Wildman–Crippen MR) is 60.2 cm³/mol.